The van der Waals surface area contributed by atoms with E-state index in [2.05, 4.69) is 27.2 Å². The van der Waals surface area contributed by atoms with E-state index in [4.69, 9.17) is 0 Å². The monoisotopic (exact) mass is 368 g/mol. The highest BCUT2D eigenvalue weighted by Gasteiger charge is 2.27. The maximum Gasteiger partial charge on any atom is 0.178 e. The number of hydrogen-bond acceptors (Lipinski definition) is 4. The zero-order chi connectivity index (χ0) is 19.3. The number of nitrogens with zero attached hydrogens (tertiary/aromatic N) is 4. The van der Waals surface area contributed by atoms with Gasteiger partial charge in [-0.2, -0.15) is 5.10 Å². The summed E-state index contributed by atoms with van der Waals surface area (Å²) in [5.74, 6) is 1.35. The average Bonchev–Trinajstić information content (AvgIpc) is 3.46. The Hall–Kier alpha value is -3.34. The molecule has 0 bridgehead atoms. The summed E-state index contributed by atoms with van der Waals surface area (Å²) in [6.45, 7) is 3.52. The van der Waals surface area contributed by atoms with E-state index in [1.54, 1.807) is 13.0 Å². The largest absolute Gasteiger partial charge is 0.293 e. The molecular weight excluding hydrogens is 348 g/mol. The van der Waals surface area contributed by atoms with Gasteiger partial charge in [0, 0.05) is 23.6 Å². The number of aromatic nitrogens is 4. The number of rotatable bonds is 4. The van der Waals surface area contributed by atoms with Gasteiger partial charge in [-0.3, -0.25) is 4.79 Å². The summed E-state index contributed by atoms with van der Waals surface area (Å²) in [5, 5.41) is 5.80. The molecule has 0 aliphatic heterocycles. The third-order valence-corrected chi connectivity index (χ3v) is 5.23. The van der Waals surface area contributed by atoms with Crippen LogP contribution in [-0.4, -0.2) is 25.5 Å². The molecule has 0 amide bonds. The molecule has 5 rings (SSSR count). The Morgan fingerprint density at radius 2 is 1.89 bits per heavy atom. The fraction of sp³-hybridized carbons (Fsp3) is 0.217. The van der Waals surface area contributed by atoms with E-state index in [9.17, 15) is 4.79 Å². The Labute approximate surface area is 163 Å². The van der Waals surface area contributed by atoms with Gasteiger partial charge in [0.1, 0.15) is 5.69 Å². The van der Waals surface area contributed by atoms with Crippen LogP contribution in [-0.2, 0) is 0 Å². The fourth-order valence-electron chi connectivity index (χ4n) is 3.65. The minimum absolute atomic E-state index is 0.0284. The van der Waals surface area contributed by atoms with Crippen molar-refractivity contribution in [3.05, 3.63) is 71.7 Å². The van der Waals surface area contributed by atoms with Crippen molar-refractivity contribution in [2.45, 2.75) is 32.6 Å². The van der Waals surface area contributed by atoms with Crippen LogP contribution in [0.4, 0.5) is 0 Å². The summed E-state index contributed by atoms with van der Waals surface area (Å²) in [5.41, 5.74) is 5.58. The number of aryl methyl sites for hydroxylation is 1. The van der Waals surface area contributed by atoms with Gasteiger partial charge in [-0.1, -0.05) is 12.1 Å². The van der Waals surface area contributed by atoms with Crippen LogP contribution in [0.1, 0.15) is 47.4 Å². The standard InChI is InChI=1S/C23H20N4O/c1-14-5-3-8-23(25-14)27-22-12-17(21-7-4-6-20(26-21)15(2)28)11-18(16-9-10-16)19(22)13-24-27/h3-8,11-13,16H,9-10H2,1-2H3. The molecule has 1 fully saturated rings. The van der Waals surface area contributed by atoms with E-state index >= 15 is 0 Å². The second kappa shape index (κ2) is 6.37. The predicted molar refractivity (Wildman–Crippen MR) is 109 cm³/mol. The molecule has 1 aromatic carbocycles. The first kappa shape index (κ1) is 16.8. The Balaban J connectivity index is 1.74. The molecular formula is C23H20N4O. The van der Waals surface area contributed by atoms with Crippen molar-refractivity contribution < 1.29 is 4.79 Å². The average molecular weight is 368 g/mol. The van der Waals surface area contributed by atoms with Gasteiger partial charge in [0.15, 0.2) is 11.6 Å². The van der Waals surface area contributed by atoms with Crippen molar-refractivity contribution in [3.8, 4) is 17.1 Å². The molecule has 3 aromatic heterocycles. The second-order valence-corrected chi connectivity index (χ2v) is 7.43. The lowest BCUT2D eigenvalue weighted by molar-refractivity contribution is 0.101. The van der Waals surface area contributed by atoms with Gasteiger partial charge in [0.2, 0.25) is 0 Å². The highest BCUT2D eigenvalue weighted by molar-refractivity contribution is 5.93. The molecule has 28 heavy (non-hydrogen) atoms. The van der Waals surface area contributed by atoms with E-state index < -0.39 is 0 Å². The lowest BCUT2D eigenvalue weighted by atomic mass is 10.00. The SMILES string of the molecule is CC(=O)c1cccc(-c2cc(C3CC3)c3cnn(-c4cccc(C)n4)c3c2)n1. The normalized spacial score (nSPS) is 13.8. The van der Waals surface area contributed by atoms with Crippen LogP contribution < -0.4 is 0 Å². The molecule has 5 nitrogen and oxygen atoms in total. The van der Waals surface area contributed by atoms with Crippen LogP contribution in [0.5, 0.6) is 0 Å². The van der Waals surface area contributed by atoms with Gasteiger partial charge in [-0.15, -0.1) is 0 Å². The van der Waals surface area contributed by atoms with E-state index in [0.29, 0.717) is 11.6 Å². The van der Waals surface area contributed by atoms with Crippen molar-refractivity contribution >= 4 is 16.7 Å². The molecule has 1 aliphatic rings. The third kappa shape index (κ3) is 2.89. The van der Waals surface area contributed by atoms with Crippen LogP contribution in [0.15, 0.2) is 54.7 Å². The topological polar surface area (TPSA) is 60.7 Å². The Kier molecular flexibility index (Phi) is 3.83. The van der Waals surface area contributed by atoms with Gasteiger partial charge in [-0.05, 0) is 67.6 Å². The highest BCUT2D eigenvalue weighted by Crippen LogP contribution is 2.44. The summed E-state index contributed by atoms with van der Waals surface area (Å²) in [6.07, 6.45) is 4.34. The number of benzene rings is 1. The first-order chi connectivity index (χ1) is 13.6. The van der Waals surface area contributed by atoms with Crippen LogP contribution >= 0.6 is 0 Å². The van der Waals surface area contributed by atoms with E-state index in [1.807, 2.05) is 48.1 Å². The third-order valence-electron chi connectivity index (χ3n) is 5.23. The number of ketones is 1. The summed E-state index contributed by atoms with van der Waals surface area (Å²) in [4.78, 5) is 21.0. The van der Waals surface area contributed by atoms with Crippen LogP contribution in [0.25, 0.3) is 28.0 Å². The molecule has 3 heterocycles. The molecule has 0 radical (unpaired) electrons. The smallest absolute Gasteiger partial charge is 0.178 e. The first-order valence-corrected chi connectivity index (χ1v) is 9.54. The van der Waals surface area contributed by atoms with Gasteiger partial charge in [0.05, 0.1) is 17.4 Å². The summed E-state index contributed by atoms with van der Waals surface area (Å²) < 4.78 is 1.90. The molecule has 1 aliphatic carbocycles. The van der Waals surface area contributed by atoms with E-state index in [1.165, 1.54) is 18.4 Å². The van der Waals surface area contributed by atoms with Gasteiger partial charge in [0.25, 0.3) is 0 Å². The van der Waals surface area contributed by atoms with Crippen molar-refractivity contribution in [1.82, 2.24) is 19.7 Å². The van der Waals surface area contributed by atoms with Crippen molar-refractivity contribution in [3.63, 3.8) is 0 Å². The molecule has 0 saturated heterocycles. The molecule has 138 valence electrons. The number of pyridine rings is 2. The summed E-state index contributed by atoms with van der Waals surface area (Å²) in [7, 11) is 0. The lowest BCUT2D eigenvalue weighted by Gasteiger charge is -2.10. The second-order valence-electron chi connectivity index (χ2n) is 7.43. The number of carbonyl (C=O) groups is 1. The zero-order valence-corrected chi connectivity index (χ0v) is 15.9. The number of fused-ring (bicyclic) bond motifs is 1. The molecule has 0 spiro atoms. The van der Waals surface area contributed by atoms with Gasteiger partial charge < -0.3 is 0 Å². The highest BCUT2D eigenvalue weighted by atomic mass is 16.1. The predicted octanol–water partition coefficient (Wildman–Crippen LogP) is 4.87. The fourth-order valence-corrected chi connectivity index (χ4v) is 3.65. The quantitative estimate of drug-likeness (QED) is 0.482. The summed E-state index contributed by atoms with van der Waals surface area (Å²) in [6, 6.07) is 15.9. The lowest BCUT2D eigenvalue weighted by Crippen LogP contribution is -2.01. The van der Waals surface area contributed by atoms with Crippen LogP contribution in [0.3, 0.4) is 0 Å². The number of hydrogen-bond donors (Lipinski definition) is 0. The van der Waals surface area contributed by atoms with E-state index in [-0.39, 0.29) is 5.78 Å². The summed E-state index contributed by atoms with van der Waals surface area (Å²) >= 11 is 0. The number of Topliss-reactive ketones (excluding diaryl/α,β-unsaturated/α-hetero) is 1. The minimum atomic E-state index is -0.0284. The zero-order valence-electron chi connectivity index (χ0n) is 15.9. The molecule has 0 atom stereocenters. The van der Waals surface area contributed by atoms with Crippen LogP contribution in [0.2, 0.25) is 0 Å². The van der Waals surface area contributed by atoms with Crippen LogP contribution in [0, 0.1) is 6.92 Å². The van der Waals surface area contributed by atoms with Gasteiger partial charge in [-0.25, -0.2) is 14.6 Å². The van der Waals surface area contributed by atoms with Crippen molar-refractivity contribution in [1.29, 1.82) is 0 Å². The minimum Gasteiger partial charge on any atom is -0.293 e. The first-order valence-electron chi connectivity index (χ1n) is 9.54. The molecule has 0 N–H and O–H groups in total. The van der Waals surface area contributed by atoms with Crippen molar-refractivity contribution in [2.24, 2.45) is 0 Å². The molecule has 1 saturated carbocycles. The maximum absolute atomic E-state index is 11.8. The van der Waals surface area contributed by atoms with Crippen molar-refractivity contribution in [2.75, 3.05) is 0 Å². The molecule has 0 unspecified atom stereocenters. The van der Waals surface area contributed by atoms with Gasteiger partial charge >= 0.3 is 0 Å². The van der Waals surface area contributed by atoms with E-state index in [0.717, 1.165) is 33.7 Å². The molecule has 4 aromatic rings. The maximum atomic E-state index is 11.8. The Morgan fingerprint density at radius 1 is 1.07 bits per heavy atom. The number of carbonyl (C=O) groups excluding carboxylic acids is 1. The molecule has 5 heteroatoms. The Bertz CT molecular complexity index is 1220. The Morgan fingerprint density at radius 3 is 2.64 bits per heavy atom.